The van der Waals surface area contributed by atoms with Gasteiger partial charge < -0.3 is 14.6 Å². The molecule has 162 valence electrons. The van der Waals surface area contributed by atoms with Crippen LogP contribution in [0.2, 0.25) is 0 Å². The molecule has 0 radical (unpaired) electrons. The van der Waals surface area contributed by atoms with E-state index in [1.165, 1.54) is 24.2 Å². The number of aromatic nitrogens is 8. The Kier molecular flexibility index (Phi) is 4.65. The zero-order valence-corrected chi connectivity index (χ0v) is 17.8. The summed E-state index contributed by atoms with van der Waals surface area (Å²) in [7, 11) is 1.45. The number of anilines is 1. The summed E-state index contributed by atoms with van der Waals surface area (Å²) in [5, 5.41) is 15.7. The van der Waals surface area contributed by atoms with Crippen molar-refractivity contribution in [3.63, 3.8) is 0 Å². The third-order valence-electron chi connectivity index (χ3n) is 5.17. The lowest BCUT2D eigenvalue weighted by molar-refractivity contribution is 0.102. The third-order valence-corrected chi connectivity index (χ3v) is 5.17. The zero-order valence-electron chi connectivity index (χ0n) is 17.8. The van der Waals surface area contributed by atoms with Crippen molar-refractivity contribution in [3.8, 4) is 23.2 Å². The van der Waals surface area contributed by atoms with Gasteiger partial charge in [-0.2, -0.15) is 0 Å². The molecule has 0 aliphatic carbocycles. The maximum atomic E-state index is 13.0. The molecule has 4 aromatic rings. The summed E-state index contributed by atoms with van der Waals surface area (Å²) >= 11 is 0. The second-order valence-electron chi connectivity index (χ2n) is 8.29. The maximum Gasteiger partial charge on any atom is 0.263 e. The molecule has 0 unspecified atom stereocenters. The summed E-state index contributed by atoms with van der Waals surface area (Å²) in [6.07, 6.45) is 7.04. The van der Waals surface area contributed by atoms with Gasteiger partial charge >= 0.3 is 0 Å². The predicted molar refractivity (Wildman–Crippen MR) is 114 cm³/mol. The number of ether oxygens (including phenoxy) is 1. The van der Waals surface area contributed by atoms with Crippen LogP contribution < -0.4 is 10.1 Å². The van der Waals surface area contributed by atoms with Gasteiger partial charge in [0.25, 0.3) is 5.91 Å². The SMILES string of the molecule is COc1nn(-c2cnccn2)cc1C(=O)Nc1cccc(-c2nnc3n2CC(C)(C)C3)n1. The Morgan fingerprint density at radius 2 is 2.09 bits per heavy atom. The van der Waals surface area contributed by atoms with Crippen molar-refractivity contribution < 1.29 is 9.53 Å². The molecule has 0 saturated heterocycles. The standard InChI is InChI=1S/C21H21N9O2/c1-21(2)9-16-26-27-18(29(16)12-21)14-5-4-6-15(24-14)25-19(31)13-11-30(28-20(13)32-3)17-10-22-7-8-23-17/h4-8,10-11H,9,12H2,1-3H3,(H,24,25,31). The lowest BCUT2D eigenvalue weighted by Crippen LogP contribution is -2.14. The van der Waals surface area contributed by atoms with Gasteiger partial charge in [0.1, 0.15) is 22.9 Å². The van der Waals surface area contributed by atoms with Gasteiger partial charge in [-0.3, -0.25) is 9.78 Å². The van der Waals surface area contributed by atoms with Crippen LogP contribution in [-0.4, -0.2) is 52.5 Å². The summed E-state index contributed by atoms with van der Waals surface area (Å²) in [4.78, 5) is 25.7. The van der Waals surface area contributed by atoms with Crippen LogP contribution in [-0.2, 0) is 13.0 Å². The van der Waals surface area contributed by atoms with E-state index < -0.39 is 5.91 Å². The van der Waals surface area contributed by atoms with Crippen LogP contribution in [0.1, 0.15) is 30.0 Å². The minimum absolute atomic E-state index is 0.131. The van der Waals surface area contributed by atoms with Crippen LogP contribution >= 0.6 is 0 Å². The van der Waals surface area contributed by atoms with Gasteiger partial charge in [-0.15, -0.1) is 15.3 Å². The van der Waals surface area contributed by atoms with Crippen LogP contribution in [0.15, 0.2) is 43.0 Å². The number of hydrogen-bond donors (Lipinski definition) is 1. The number of amides is 1. The molecule has 11 nitrogen and oxygen atoms in total. The molecule has 0 aromatic carbocycles. The molecule has 0 saturated carbocycles. The first kappa shape index (κ1) is 19.8. The summed E-state index contributed by atoms with van der Waals surface area (Å²) < 4.78 is 8.80. The molecule has 32 heavy (non-hydrogen) atoms. The molecule has 0 atom stereocenters. The van der Waals surface area contributed by atoms with Crippen molar-refractivity contribution in [1.82, 2.24) is 39.5 Å². The van der Waals surface area contributed by atoms with Crippen molar-refractivity contribution in [3.05, 3.63) is 54.4 Å². The molecule has 1 amide bonds. The largest absolute Gasteiger partial charge is 0.479 e. The summed E-state index contributed by atoms with van der Waals surface area (Å²) in [6, 6.07) is 5.39. The summed E-state index contributed by atoms with van der Waals surface area (Å²) in [5.41, 5.74) is 1.02. The van der Waals surface area contributed by atoms with E-state index in [4.69, 9.17) is 4.74 Å². The fraction of sp³-hybridized carbons (Fsp3) is 0.286. The minimum atomic E-state index is -0.408. The molecule has 0 bridgehead atoms. The van der Waals surface area contributed by atoms with Crippen molar-refractivity contribution in [2.24, 2.45) is 5.41 Å². The number of nitrogens with one attached hydrogen (secondary N) is 1. The Morgan fingerprint density at radius 3 is 2.88 bits per heavy atom. The highest BCUT2D eigenvalue weighted by Crippen LogP contribution is 2.33. The molecular weight excluding hydrogens is 410 g/mol. The second-order valence-corrected chi connectivity index (χ2v) is 8.29. The van der Waals surface area contributed by atoms with Gasteiger partial charge in [0.15, 0.2) is 11.6 Å². The topological polar surface area (TPSA) is 126 Å². The molecule has 5 heterocycles. The number of nitrogens with zero attached hydrogens (tertiary/aromatic N) is 8. The molecular formula is C21H21N9O2. The number of rotatable bonds is 5. The van der Waals surface area contributed by atoms with Crippen molar-refractivity contribution >= 4 is 11.7 Å². The van der Waals surface area contributed by atoms with Gasteiger partial charge in [0, 0.05) is 31.6 Å². The second kappa shape index (κ2) is 7.52. The van der Waals surface area contributed by atoms with Crippen LogP contribution in [0.3, 0.4) is 0 Å². The average Bonchev–Trinajstić information content (AvgIpc) is 3.46. The third kappa shape index (κ3) is 3.57. The first-order chi connectivity index (χ1) is 15.4. The fourth-order valence-electron chi connectivity index (χ4n) is 3.74. The molecule has 5 rings (SSSR count). The molecule has 1 N–H and O–H groups in total. The van der Waals surface area contributed by atoms with E-state index in [1.807, 2.05) is 12.1 Å². The van der Waals surface area contributed by atoms with E-state index in [9.17, 15) is 4.79 Å². The highest BCUT2D eigenvalue weighted by Gasteiger charge is 2.32. The van der Waals surface area contributed by atoms with Crippen LogP contribution in [0.4, 0.5) is 5.82 Å². The van der Waals surface area contributed by atoms with Crippen molar-refractivity contribution in [2.45, 2.75) is 26.8 Å². The average molecular weight is 431 g/mol. The number of carbonyl (C=O) groups is 1. The normalized spacial score (nSPS) is 14.2. The number of pyridine rings is 1. The summed E-state index contributed by atoms with van der Waals surface area (Å²) in [6.45, 7) is 5.22. The van der Waals surface area contributed by atoms with Crippen LogP contribution in [0, 0.1) is 5.41 Å². The van der Waals surface area contributed by atoms with Crippen molar-refractivity contribution in [1.29, 1.82) is 0 Å². The number of fused-ring (bicyclic) bond motifs is 1. The van der Waals surface area contributed by atoms with Gasteiger partial charge in [0.2, 0.25) is 5.88 Å². The molecule has 4 aromatic heterocycles. The first-order valence-electron chi connectivity index (χ1n) is 10.0. The van der Waals surface area contributed by atoms with E-state index >= 15 is 0 Å². The smallest absolute Gasteiger partial charge is 0.263 e. The molecule has 0 spiro atoms. The van der Waals surface area contributed by atoms with Crippen LogP contribution in [0.25, 0.3) is 17.3 Å². The monoisotopic (exact) mass is 431 g/mol. The lowest BCUT2D eigenvalue weighted by Gasteiger charge is -2.15. The van der Waals surface area contributed by atoms with E-state index in [1.54, 1.807) is 18.5 Å². The van der Waals surface area contributed by atoms with Crippen LogP contribution in [0.5, 0.6) is 5.88 Å². The van der Waals surface area contributed by atoms with Gasteiger partial charge in [-0.1, -0.05) is 19.9 Å². The highest BCUT2D eigenvalue weighted by atomic mass is 16.5. The van der Waals surface area contributed by atoms with E-state index in [-0.39, 0.29) is 16.9 Å². The van der Waals surface area contributed by atoms with Gasteiger partial charge in [-0.25, -0.2) is 14.6 Å². The Bertz CT molecular complexity index is 1290. The summed E-state index contributed by atoms with van der Waals surface area (Å²) in [5.74, 6) is 2.25. The highest BCUT2D eigenvalue weighted by molar-refractivity contribution is 6.05. The van der Waals surface area contributed by atoms with E-state index in [0.29, 0.717) is 23.2 Å². The van der Waals surface area contributed by atoms with Crippen molar-refractivity contribution in [2.75, 3.05) is 12.4 Å². The number of carbonyl (C=O) groups excluding carboxylic acids is 1. The Hall–Kier alpha value is -4.15. The molecule has 11 heteroatoms. The maximum absolute atomic E-state index is 13.0. The number of hydrogen-bond acceptors (Lipinski definition) is 8. The number of methoxy groups -OCH3 is 1. The minimum Gasteiger partial charge on any atom is -0.479 e. The Labute approximate surface area is 183 Å². The Balaban J connectivity index is 1.41. The first-order valence-corrected chi connectivity index (χ1v) is 10.0. The quantitative estimate of drug-likeness (QED) is 0.509. The molecule has 1 aliphatic rings. The Morgan fingerprint density at radius 1 is 1.22 bits per heavy atom. The van der Waals surface area contributed by atoms with E-state index in [2.05, 4.69) is 54.0 Å². The van der Waals surface area contributed by atoms with Gasteiger partial charge in [-0.05, 0) is 17.5 Å². The fourth-order valence-corrected chi connectivity index (χ4v) is 3.74. The molecule has 1 aliphatic heterocycles. The lowest BCUT2D eigenvalue weighted by atomic mass is 9.92. The zero-order chi connectivity index (χ0) is 22.3. The van der Waals surface area contributed by atoms with E-state index in [0.717, 1.165) is 18.8 Å². The van der Waals surface area contributed by atoms with Gasteiger partial charge in [0.05, 0.1) is 13.3 Å². The predicted octanol–water partition coefficient (Wildman–Crippen LogP) is 2.16. The molecule has 0 fully saturated rings.